The summed E-state index contributed by atoms with van der Waals surface area (Å²) in [4.78, 5) is 0.0613. The molecule has 0 aliphatic rings. The molecule has 0 fully saturated rings. The molecule has 8 heteroatoms. The Kier molecular flexibility index (Phi) is 4.67. The fourth-order valence-electron chi connectivity index (χ4n) is 1.80. The number of aromatic nitrogens is 2. The van der Waals surface area contributed by atoms with E-state index >= 15 is 0 Å². The van der Waals surface area contributed by atoms with E-state index in [1.54, 1.807) is 17.9 Å². The molecule has 0 aliphatic carbocycles. The zero-order valence-electron chi connectivity index (χ0n) is 11.7. The maximum absolute atomic E-state index is 12.2. The molecule has 21 heavy (non-hydrogen) atoms. The molecular weight excluding hydrogens is 314 g/mol. The fraction of sp³-hybridized carbons (Fsp3) is 0.308. The van der Waals surface area contributed by atoms with Crippen molar-refractivity contribution in [1.82, 2.24) is 14.5 Å². The van der Waals surface area contributed by atoms with Crippen molar-refractivity contribution in [1.29, 1.82) is 0 Å². The van der Waals surface area contributed by atoms with Crippen molar-refractivity contribution in [2.75, 3.05) is 0 Å². The molecule has 0 amide bonds. The first-order valence-electron chi connectivity index (χ1n) is 6.21. The van der Waals surface area contributed by atoms with Crippen LogP contribution < -0.4 is 4.72 Å². The minimum Gasteiger partial charge on any atom is -0.392 e. The number of nitrogens with one attached hydrogen (secondary N) is 1. The van der Waals surface area contributed by atoms with Crippen LogP contribution in [0.1, 0.15) is 16.8 Å². The summed E-state index contributed by atoms with van der Waals surface area (Å²) in [6.07, 6.45) is 1.62. The van der Waals surface area contributed by atoms with Gasteiger partial charge in [0.15, 0.2) is 0 Å². The van der Waals surface area contributed by atoms with E-state index in [0.717, 1.165) is 11.3 Å². The molecule has 114 valence electrons. The topological polar surface area (TPSA) is 84.2 Å². The Morgan fingerprint density at radius 2 is 2.10 bits per heavy atom. The predicted molar refractivity (Wildman–Crippen MR) is 79.3 cm³/mol. The van der Waals surface area contributed by atoms with Crippen molar-refractivity contribution in [3.05, 3.63) is 46.2 Å². The van der Waals surface area contributed by atoms with Gasteiger partial charge in [0, 0.05) is 29.9 Å². The van der Waals surface area contributed by atoms with E-state index in [-0.39, 0.29) is 23.1 Å². The Bertz CT molecular complexity index is 756. The highest BCUT2D eigenvalue weighted by atomic mass is 35.5. The first kappa shape index (κ1) is 16.0. The molecule has 2 rings (SSSR count). The van der Waals surface area contributed by atoms with Crippen molar-refractivity contribution >= 4 is 21.6 Å². The normalized spacial score (nSPS) is 11.8. The van der Waals surface area contributed by atoms with Crippen LogP contribution in [0.4, 0.5) is 0 Å². The second-order valence-electron chi connectivity index (χ2n) is 4.61. The van der Waals surface area contributed by atoms with Crippen LogP contribution in [0.15, 0.2) is 29.3 Å². The first-order chi connectivity index (χ1) is 9.85. The third-order valence-corrected chi connectivity index (χ3v) is 5.05. The van der Waals surface area contributed by atoms with Crippen molar-refractivity contribution in [3.63, 3.8) is 0 Å². The number of halogens is 1. The Morgan fingerprint density at radius 3 is 2.62 bits per heavy atom. The van der Waals surface area contributed by atoms with Crippen LogP contribution >= 0.6 is 11.6 Å². The zero-order valence-corrected chi connectivity index (χ0v) is 13.2. The monoisotopic (exact) mass is 329 g/mol. The third kappa shape index (κ3) is 3.44. The molecule has 1 aromatic heterocycles. The summed E-state index contributed by atoms with van der Waals surface area (Å²) in [7, 11) is -1.87. The Balaban J connectivity index is 2.19. The molecule has 0 bridgehead atoms. The van der Waals surface area contributed by atoms with Crippen molar-refractivity contribution < 1.29 is 13.5 Å². The Hall–Kier alpha value is -1.41. The SMILES string of the molecule is Cc1c(CNS(=O)(=O)c2ccc(CO)c(Cl)c2)cnn1C. The Labute approximate surface area is 128 Å². The van der Waals surface area contributed by atoms with Crippen molar-refractivity contribution in [3.8, 4) is 0 Å². The smallest absolute Gasteiger partial charge is 0.240 e. The lowest BCUT2D eigenvalue weighted by molar-refractivity contribution is 0.282. The number of aryl methyl sites for hydroxylation is 1. The number of rotatable bonds is 5. The van der Waals surface area contributed by atoms with E-state index < -0.39 is 10.0 Å². The summed E-state index contributed by atoms with van der Waals surface area (Å²) in [5.41, 5.74) is 2.18. The molecule has 0 unspecified atom stereocenters. The van der Waals surface area contributed by atoms with Gasteiger partial charge in [-0.05, 0) is 24.6 Å². The lowest BCUT2D eigenvalue weighted by Gasteiger charge is -2.08. The van der Waals surface area contributed by atoms with Gasteiger partial charge in [0.25, 0.3) is 0 Å². The fourth-order valence-corrected chi connectivity index (χ4v) is 3.13. The number of nitrogens with zero attached hydrogens (tertiary/aromatic N) is 2. The minimum absolute atomic E-state index is 0.0613. The minimum atomic E-state index is -3.67. The summed E-state index contributed by atoms with van der Waals surface area (Å²) in [5.74, 6) is 0. The second kappa shape index (κ2) is 6.15. The number of hydrogen-bond acceptors (Lipinski definition) is 4. The summed E-state index contributed by atoms with van der Waals surface area (Å²) in [5, 5.41) is 13.3. The molecule has 0 aliphatic heterocycles. The zero-order chi connectivity index (χ0) is 15.6. The average molecular weight is 330 g/mol. The van der Waals surface area contributed by atoms with Gasteiger partial charge in [-0.1, -0.05) is 17.7 Å². The lowest BCUT2D eigenvalue weighted by Crippen LogP contribution is -2.23. The molecular formula is C13H16ClN3O3S. The van der Waals surface area contributed by atoms with Gasteiger partial charge in [-0.2, -0.15) is 5.10 Å². The van der Waals surface area contributed by atoms with Crippen LogP contribution in [0, 0.1) is 6.92 Å². The molecule has 2 aromatic rings. The standard InChI is InChI=1S/C13H16ClN3O3S/c1-9-11(6-15-17(9)2)7-16-21(19,20)12-4-3-10(8-18)13(14)5-12/h3-6,16,18H,7-8H2,1-2H3. The molecule has 0 radical (unpaired) electrons. The van der Waals surface area contributed by atoms with E-state index in [0.29, 0.717) is 5.56 Å². The summed E-state index contributed by atoms with van der Waals surface area (Å²) in [6, 6.07) is 4.23. The highest BCUT2D eigenvalue weighted by Crippen LogP contribution is 2.21. The van der Waals surface area contributed by atoms with Crippen molar-refractivity contribution in [2.24, 2.45) is 7.05 Å². The van der Waals surface area contributed by atoms with Crippen molar-refractivity contribution in [2.45, 2.75) is 25.0 Å². The third-order valence-electron chi connectivity index (χ3n) is 3.29. The quantitative estimate of drug-likeness (QED) is 0.867. The van der Waals surface area contributed by atoms with Crippen LogP contribution in [0.2, 0.25) is 5.02 Å². The molecule has 1 aromatic carbocycles. The van der Waals surface area contributed by atoms with E-state index in [1.165, 1.54) is 18.2 Å². The van der Waals surface area contributed by atoms with Gasteiger partial charge in [0.1, 0.15) is 0 Å². The summed E-state index contributed by atoms with van der Waals surface area (Å²) < 4.78 is 28.6. The number of benzene rings is 1. The molecule has 1 heterocycles. The number of sulfonamides is 1. The maximum atomic E-state index is 12.2. The van der Waals surface area contributed by atoms with Crippen LogP contribution in [-0.4, -0.2) is 23.3 Å². The number of hydrogen-bond donors (Lipinski definition) is 2. The van der Waals surface area contributed by atoms with Gasteiger partial charge in [0.05, 0.1) is 17.7 Å². The van der Waals surface area contributed by atoms with E-state index in [9.17, 15) is 8.42 Å². The summed E-state index contributed by atoms with van der Waals surface area (Å²) >= 11 is 5.92. The number of aliphatic hydroxyl groups is 1. The van der Waals surface area contributed by atoms with Crippen LogP contribution in [-0.2, 0) is 30.2 Å². The van der Waals surface area contributed by atoms with Crippen LogP contribution in [0.3, 0.4) is 0 Å². The molecule has 2 N–H and O–H groups in total. The van der Waals surface area contributed by atoms with Crippen LogP contribution in [0.5, 0.6) is 0 Å². The average Bonchev–Trinajstić information content (AvgIpc) is 2.76. The second-order valence-corrected chi connectivity index (χ2v) is 6.79. The largest absolute Gasteiger partial charge is 0.392 e. The number of aliphatic hydroxyl groups excluding tert-OH is 1. The van der Waals surface area contributed by atoms with Gasteiger partial charge in [-0.15, -0.1) is 0 Å². The highest BCUT2D eigenvalue weighted by Gasteiger charge is 2.16. The van der Waals surface area contributed by atoms with E-state index in [2.05, 4.69) is 9.82 Å². The van der Waals surface area contributed by atoms with Gasteiger partial charge < -0.3 is 5.11 Å². The van der Waals surface area contributed by atoms with Crippen LogP contribution in [0.25, 0.3) is 0 Å². The van der Waals surface area contributed by atoms with Gasteiger partial charge >= 0.3 is 0 Å². The molecule has 6 nitrogen and oxygen atoms in total. The molecule has 0 spiro atoms. The van der Waals surface area contributed by atoms with Gasteiger partial charge in [-0.25, -0.2) is 13.1 Å². The molecule has 0 atom stereocenters. The van der Waals surface area contributed by atoms with Gasteiger partial charge in [-0.3, -0.25) is 4.68 Å². The maximum Gasteiger partial charge on any atom is 0.240 e. The Morgan fingerprint density at radius 1 is 1.38 bits per heavy atom. The highest BCUT2D eigenvalue weighted by molar-refractivity contribution is 7.89. The lowest BCUT2D eigenvalue weighted by atomic mass is 10.2. The predicted octanol–water partition coefficient (Wildman–Crippen LogP) is 1.35. The molecule has 0 saturated heterocycles. The van der Waals surface area contributed by atoms with E-state index in [1.807, 2.05) is 6.92 Å². The summed E-state index contributed by atoms with van der Waals surface area (Å²) in [6.45, 7) is 1.78. The van der Waals surface area contributed by atoms with E-state index in [4.69, 9.17) is 16.7 Å². The van der Waals surface area contributed by atoms with Gasteiger partial charge in [0.2, 0.25) is 10.0 Å². The molecule has 0 saturated carbocycles. The first-order valence-corrected chi connectivity index (χ1v) is 8.07.